The van der Waals surface area contributed by atoms with E-state index in [4.69, 9.17) is 9.47 Å². The molecule has 0 saturated heterocycles. The van der Waals surface area contributed by atoms with Gasteiger partial charge >= 0.3 is 0 Å². The standard InChI is InChI=1S/C18H30N4O3/c1-6-19-18(20-11-10-17(23)22(3)4)21-13-14(2)25-16-9-7-8-15(12-16)24-5/h7-9,12,14H,6,10-11,13H2,1-5H3,(H2,19,20,21). The van der Waals surface area contributed by atoms with Crippen LogP contribution in [0, 0.1) is 0 Å². The predicted octanol–water partition coefficient (Wildman–Crippen LogP) is 1.50. The molecular weight excluding hydrogens is 320 g/mol. The molecule has 1 amide bonds. The minimum atomic E-state index is -0.0917. The van der Waals surface area contributed by atoms with Crippen LogP contribution in [0.25, 0.3) is 0 Å². The Hall–Kier alpha value is -2.44. The highest BCUT2D eigenvalue weighted by molar-refractivity contribution is 5.81. The maximum atomic E-state index is 11.6. The molecule has 1 rings (SSSR count). The number of nitrogens with one attached hydrogen (secondary N) is 2. The summed E-state index contributed by atoms with van der Waals surface area (Å²) in [5, 5.41) is 6.32. The fourth-order valence-corrected chi connectivity index (χ4v) is 2.02. The van der Waals surface area contributed by atoms with Crippen LogP contribution in [0.3, 0.4) is 0 Å². The van der Waals surface area contributed by atoms with Crippen molar-refractivity contribution in [2.24, 2.45) is 4.99 Å². The van der Waals surface area contributed by atoms with Gasteiger partial charge in [0.2, 0.25) is 5.91 Å². The van der Waals surface area contributed by atoms with Crippen LogP contribution in [0.2, 0.25) is 0 Å². The zero-order chi connectivity index (χ0) is 18.7. The Morgan fingerprint density at radius 1 is 1.28 bits per heavy atom. The second-order valence-corrected chi connectivity index (χ2v) is 5.79. The fourth-order valence-electron chi connectivity index (χ4n) is 2.02. The second-order valence-electron chi connectivity index (χ2n) is 5.79. The van der Waals surface area contributed by atoms with Crippen molar-refractivity contribution < 1.29 is 14.3 Å². The van der Waals surface area contributed by atoms with Gasteiger partial charge < -0.3 is 25.0 Å². The van der Waals surface area contributed by atoms with Gasteiger partial charge in [0.15, 0.2) is 5.96 Å². The predicted molar refractivity (Wildman–Crippen MR) is 100 cm³/mol. The first-order chi connectivity index (χ1) is 12.0. The maximum absolute atomic E-state index is 11.6. The zero-order valence-electron chi connectivity index (χ0n) is 15.8. The van der Waals surface area contributed by atoms with Crippen molar-refractivity contribution in [2.75, 3.05) is 40.8 Å². The third kappa shape index (κ3) is 8.28. The van der Waals surface area contributed by atoms with Gasteiger partial charge in [-0.1, -0.05) is 6.07 Å². The summed E-state index contributed by atoms with van der Waals surface area (Å²) in [6, 6.07) is 7.49. The molecule has 0 aliphatic carbocycles. The average molecular weight is 350 g/mol. The average Bonchev–Trinajstić information content (AvgIpc) is 2.59. The Bertz CT molecular complexity index is 561. The highest BCUT2D eigenvalue weighted by Crippen LogP contribution is 2.19. The fraction of sp³-hybridized carbons (Fsp3) is 0.556. The van der Waals surface area contributed by atoms with E-state index in [9.17, 15) is 4.79 Å². The Labute approximate surface area is 150 Å². The molecule has 1 atom stereocenters. The lowest BCUT2D eigenvalue weighted by Gasteiger charge is -2.16. The number of aliphatic imine (C=N–C) groups is 1. The molecule has 1 aromatic rings. The topological polar surface area (TPSA) is 75.2 Å². The van der Waals surface area contributed by atoms with Crippen molar-refractivity contribution >= 4 is 11.9 Å². The van der Waals surface area contributed by atoms with Gasteiger partial charge in [-0.2, -0.15) is 0 Å². The number of rotatable bonds is 9. The van der Waals surface area contributed by atoms with E-state index in [1.165, 1.54) is 0 Å². The van der Waals surface area contributed by atoms with Gasteiger partial charge in [0.05, 0.1) is 13.7 Å². The molecule has 0 radical (unpaired) electrons. The lowest BCUT2D eigenvalue weighted by molar-refractivity contribution is -0.128. The first-order valence-electron chi connectivity index (χ1n) is 8.49. The summed E-state index contributed by atoms with van der Waals surface area (Å²) >= 11 is 0. The van der Waals surface area contributed by atoms with Crippen LogP contribution in [0.1, 0.15) is 20.3 Å². The molecule has 0 saturated carbocycles. The molecule has 25 heavy (non-hydrogen) atoms. The van der Waals surface area contributed by atoms with Gasteiger partial charge in [-0.15, -0.1) is 0 Å². The lowest BCUT2D eigenvalue weighted by Crippen LogP contribution is -2.39. The Kier molecular flexibility index (Phi) is 9.21. The quantitative estimate of drug-likeness (QED) is 0.521. The largest absolute Gasteiger partial charge is 0.497 e. The number of carbonyl (C=O) groups is 1. The zero-order valence-corrected chi connectivity index (χ0v) is 15.8. The van der Waals surface area contributed by atoms with Crippen molar-refractivity contribution in [1.29, 1.82) is 0 Å². The maximum Gasteiger partial charge on any atom is 0.223 e. The van der Waals surface area contributed by atoms with Crippen LogP contribution in [-0.2, 0) is 4.79 Å². The van der Waals surface area contributed by atoms with Crippen molar-refractivity contribution in [3.63, 3.8) is 0 Å². The van der Waals surface area contributed by atoms with Crippen molar-refractivity contribution in [2.45, 2.75) is 26.4 Å². The van der Waals surface area contributed by atoms with Crippen molar-refractivity contribution in [3.8, 4) is 11.5 Å². The van der Waals surface area contributed by atoms with Crippen LogP contribution in [0.4, 0.5) is 0 Å². The number of carbonyl (C=O) groups excluding carboxylic acids is 1. The van der Waals surface area contributed by atoms with Crippen molar-refractivity contribution in [1.82, 2.24) is 15.5 Å². The minimum Gasteiger partial charge on any atom is -0.497 e. The van der Waals surface area contributed by atoms with E-state index < -0.39 is 0 Å². The first kappa shape index (κ1) is 20.6. The van der Waals surface area contributed by atoms with E-state index in [-0.39, 0.29) is 12.0 Å². The normalized spacial score (nSPS) is 12.3. The molecule has 0 bridgehead atoms. The number of hydrogen-bond acceptors (Lipinski definition) is 4. The summed E-state index contributed by atoms with van der Waals surface area (Å²) < 4.78 is 11.0. The van der Waals surface area contributed by atoms with Crippen LogP contribution in [-0.4, -0.2) is 63.7 Å². The SMILES string of the molecule is CCNC(=NCC(C)Oc1cccc(OC)c1)NCCC(=O)N(C)C. The smallest absolute Gasteiger partial charge is 0.223 e. The third-order valence-corrected chi connectivity index (χ3v) is 3.36. The number of amides is 1. The monoisotopic (exact) mass is 350 g/mol. The van der Waals surface area contributed by atoms with Gasteiger partial charge in [-0.25, -0.2) is 4.99 Å². The summed E-state index contributed by atoms with van der Waals surface area (Å²) in [5.74, 6) is 2.26. The molecule has 1 aromatic carbocycles. The van der Waals surface area contributed by atoms with E-state index >= 15 is 0 Å². The van der Waals surface area contributed by atoms with E-state index in [0.29, 0.717) is 25.5 Å². The molecule has 7 heteroatoms. The van der Waals surface area contributed by atoms with Crippen LogP contribution in [0.5, 0.6) is 11.5 Å². The molecule has 7 nitrogen and oxygen atoms in total. The van der Waals surface area contributed by atoms with Gasteiger partial charge in [-0.3, -0.25) is 4.79 Å². The summed E-state index contributed by atoms with van der Waals surface area (Å²) in [7, 11) is 5.13. The van der Waals surface area contributed by atoms with E-state index in [1.807, 2.05) is 38.1 Å². The number of ether oxygens (including phenoxy) is 2. The summed E-state index contributed by atoms with van der Waals surface area (Å²) in [6.45, 7) is 5.74. The van der Waals surface area contributed by atoms with E-state index in [1.54, 1.807) is 26.1 Å². The lowest BCUT2D eigenvalue weighted by atomic mass is 10.3. The first-order valence-corrected chi connectivity index (χ1v) is 8.49. The second kappa shape index (κ2) is 11.2. The van der Waals surface area contributed by atoms with Crippen molar-refractivity contribution in [3.05, 3.63) is 24.3 Å². The molecule has 140 valence electrons. The van der Waals surface area contributed by atoms with E-state index in [2.05, 4.69) is 15.6 Å². The van der Waals surface area contributed by atoms with Gasteiger partial charge in [-0.05, 0) is 26.0 Å². The molecule has 2 N–H and O–H groups in total. The summed E-state index contributed by atoms with van der Waals surface area (Å²) in [4.78, 5) is 17.7. The Morgan fingerprint density at radius 3 is 2.64 bits per heavy atom. The van der Waals surface area contributed by atoms with E-state index in [0.717, 1.165) is 18.0 Å². The van der Waals surface area contributed by atoms with Gasteiger partial charge in [0, 0.05) is 39.7 Å². The number of hydrogen-bond donors (Lipinski definition) is 2. The molecule has 0 aliphatic rings. The molecular formula is C18H30N4O3. The molecule has 0 heterocycles. The Balaban J connectivity index is 2.50. The molecule has 0 spiro atoms. The summed E-state index contributed by atoms with van der Waals surface area (Å²) in [5.41, 5.74) is 0. The van der Waals surface area contributed by atoms with Crippen LogP contribution in [0.15, 0.2) is 29.3 Å². The molecule has 0 aliphatic heterocycles. The Morgan fingerprint density at radius 2 is 2.00 bits per heavy atom. The number of benzene rings is 1. The number of guanidine groups is 1. The van der Waals surface area contributed by atoms with Crippen LogP contribution >= 0.6 is 0 Å². The highest BCUT2D eigenvalue weighted by atomic mass is 16.5. The summed E-state index contributed by atoms with van der Waals surface area (Å²) in [6.07, 6.45) is 0.332. The number of nitrogens with zero attached hydrogens (tertiary/aromatic N) is 2. The van der Waals surface area contributed by atoms with Gasteiger partial charge in [0.25, 0.3) is 0 Å². The number of methoxy groups -OCH3 is 1. The molecule has 0 aromatic heterocycles. The minimum absolute atomic E-state index is 0.0816. The van der Waals surface area contributed by atoms with Gasteiger partial charge in [0.1, 0.15) is 17.6 Å². The highest BCUT2D eigenvalue weighted by Gasteiger charge is 2.07. The molecule has 1 unspecified atom stereocenters. The molecule has 0 fully saturated rings. The third-order valence-electron chi connectivity index (χ3n) is 3.36. The van der Waals surface area contributed by atoms with Crippen LogP contribution < -0.4 is 20.1 Å².